The van der Waals surface area contributed by atoms with E-state index < -0.39 is 11.6 Å². The van der Waals surface area contributed by atoms with Crippen molar-refractivity contribution in [3.05, 3.63) is 70.3 Å². The largest absolute Gasteiger partial charge is 0.204 e. The molecule has 0 aliphatic heterocycles. The molecular formula is C25H32F2. The maximum Gasteiger partial charge on any atom is 0.162 e. The Morgan fingerprint density at radius 3 is 2.30 bits per heavy atom. The molecule has 1 atom stereocenters. The molecule has 1 aliphatic carbocycles. The van der Waals surface area contributed by atoms with Gasteiger partial charge in [0.25, 0.3) is 0 Å². The van der Waals surface area contributed by atoms with E-state index in [0.29, 0.717) is 17.9 Å². The summed E-state index contributed by atoms with van der Waals surface area (Å²) in [4.78, 5) is 0. The van der Waals surface area contributed by atoms with Crippen LogP contribution in [0.3, 0.4) is 0 Å². The fourth-order valence-electron chi connectivity index (χ4n) is 4.26. The topological polar surface area (TPSA) is 0 Å². The Kier molecular flexibility index (Phi) is 7.43. The fourth-order valence-corrected chi connectivity index (χ4v) is 4.26. The highest BCUT2D eigenvalue weighted by atomic mass is 19.2. The van der Waals surface area contributed by atoms with Gasteiger partial charge >= 0.3 is 0 Å². The highest BCUT2D eigenvalue weighted by Crippen LogP contribution is 2.31. The zero-order chi connectivity index (χ0) is 19.1. The standard InChI is InChI=1S/C25H32F2/c1-2-3-4-5-6-7-19-8-10-20(11-9-19)12-13-21-14-15-22-16-17-24(26)25(27)23(22)18-21/h8-11,16-17,21H,2-7,12-15,18H2,1H3. The Morgan fingerprint density at radius 1 is 0.852 bits per heavy atom. The maximum absolute atomic E-state index is 14.1. The highest BCUT2D eigenvalue weighted by Gasteiger charge is 2.23. The first-order chi connectivity index (χ1) is 13.2. The number of halogens is 2. The smallest absolute Gasteiger partial charge is 0.162 e. The van der Waals surface area contributed by atoms with Gasteiger partial charge in [-0.25, -0.2) is 8.78 Å². The minimum atomic E-state index is -0.709. The van der Waals surface area contributed by atoms with Crippen LogP contribution in [0.5, 0.6) is 0 Å². The van der Waals surface area contributed by atoms with Crippen molar-refractivity contribution in [3.63, 3.8) is 0 Å². The summed E-state index contributed by atoms with van der Waals surface area (Å²) in [6, 6.07) is 12.0. The first kappa shape index (κ1) is 20.0. The Bertz CT molecular complexity index is 718. The third-order valence-corrected chi connectivity index (χ3v) is 6.04. The summed E-state index contributed by atoms with van der Waals surface area (Å²) in [5.41, 5.74) is 4.40. The minimum absolute atomic E-state index is 0.451. The van der Waals surface area contributed by atoms with Gasteiger partial charge in [0.2, 0.25) is 0 Å². The lowest BCUT2D eigenvalue weighted by Crippen LogP contribution is -2.17. The predicted octanol–water partition coefficient (Wildman–Crippen LogP) is 7.22. The van der Waals surface area contributed by atoms with Gasteiger partial charge in [-0.05, 0) is 79.2 Å². The molecule has 0 aromatic heterocycles. The van der Waals surface area contributed by atoms with Gasteiger partial charge in [-0.2, -0.15) is 0 Å². The molecule has 0 N–H and O–H groups in total. The number of rotatable bonds is 9. The lowest BCUT2D eigenvalue weighted by molar-refractivity contribution is 0.405. The Hall–Kier alpha value is -1.70. The Morgan fingerprint density at radius 2 is 1.56 bits per heavy atom. The van der Waals surface area contributed by atoms with Gasteiger partial charge in [0.05, 0.1) is 0 Å². The lowest BCUT2D eigenvalue weighted by atomic mass is 9.81. The van der Waals surface area contributed by atoms with E-state index in [0.717, 1.165) is 31.2 Å². The van der Waals surface area contributed by atoms with Crippen LogP contribution in [0.15, 0.2) is 36.4 Å². The second-order valence-corrected chi connectivity index (χ2v) is 8.13. The zero-order valence-corrected chi connectivity index (χ0v) is 16.6. The number of hydrogen-bond donors (Lipinski definition) is 0. The van der Waals surface area contributed by atoms with Crippen LogP contribution >= 0.6 is 0 Å². The van der Waals surface area contributed by atoms with Gasteiger partial charge in [0.1, 0.15) is 0 Å². The first-order valence-electron chi connectivity index (χ1n) is 10.7. The van der Waals surface area contributed by atoms with Gasteiger partial charge in [-0.3, -0.25) is 0 Å². The first-order valence-corrected chi connectivity index (χ1v) is 10.7. The van der Waals surface area contributed by atoms with Crippen LogP contribution in [0.25, 0.3) is 0 Å². The van der Waals surface area contributed by atoms with Gasteiger partial charge in [-0.15, -0.1) is 0 Å². The van der Waals surface area contributed by atoms with E-state index in [1.165, 1.54) is 55.7 Å². The summed E-state index contributed by atoms with van der Waals surface area (Å²) < 4.78 is 27.6. The van der Waals surface area contributed by atoms with Crippen molar-refractivity contribution >= 4 is 0 Å². The summed E-state index contributed by atoms with van der Waals surface area (Å²) in [6.07, 6.45) is 12.5. The molecule has 0 spiro atoms. The minimum Gasteiger partial charge on any atom is -0.204 e. The molecule has 27 heavy (non-hydrogen) atoms. The summed E-state index contributed by atoms with van der Waals surface area (Å²) in [7, 11) is 0. The monoisotopic (exact) mass is 370 g/mol. The van der Waals surface area contributed by atoms with Crippen molar-refractivity contribution in [3.8, 4) is 0 Å². The van der Waals surface area contributed by atoms with E-state index in [1.807, 2.05) is 0 Å². The van der Waals surface area contributed by atoms with Crippen LogP contribution in [0.4, 0.5) is 8.78 Å². The van der Waals surface area contributed by atoms with Crippen LogP contribution in [0.2, 0.25) is 0 Å². The molecule has 0 saturated heterocycles. The third kappa shape index (κ3) is 5.64. The molecule has 0 radical (unpaired) electrons. The number of hydrogen-bond acceptors (Lipinski definition) is 0. The van der Waals surface area contributed by atoms with Crippen molar-refractivity contribution in [2.45, 2.75) is 77.6 Å². The van der Waals surface area contributed by atoms with E-state index in [1.54, 1.807) is 6.07 Å². The van der Waals surface area contributed by atoms with E-state index in [9.17, 15) is 8.78 Å². The fraction of sp³-hybridized carbons (Fsp3) is 0.520. The molecule has 3 rings (SSSR count). The van der Waals surface area contributed by atoms with Crippen LogP contribution in [0, 0.1) is 17.6 Å². The number of fused-ring (bicyclic) bond motifs is 1. The summed E-state index contributed by atoms with van der Waals surface area (Å²) in [5, 5.41) is 0. The Labute approximate surface area is 163 Å². The molecule has 2 aromatic rings. The molecule has 0 heterocycles. The average Bonchev–Trinajstić information content (AvgIpc) is 2.70. The normalized spacial score (nSPS) is 16.3. The molecule has 0 saturated carbocycles. The van der Waals surface area contributed by atoms with Gasteiger partial charge in [0.15, 0.2) is 11.6 Å². The highest BCUT2D eigenvalue weighted by molar-refractivity contribution is 5.32. The van der Waals surface area contributed by atoms with E-state index in [-0.39, 0.29) is 0 Å². The van der Waals surface area contributed by atoms with Gasteiger partial charge in [-0.1, -0.05) is 62.9 Å². The van der Waals surface area contributed by atoms with Crippen LogP contribution in [-0.4, -0.2) is 0 Å². The molecule has 2 heteroatoms. The van der Waals surface area contributed by atoms with Crippen molar-refractivity contribution in [2.24, 2.45) is 5.92 Å². The molecular weight excluding hydrogens is 338 g/mol. The predicted molar refractivity (Wildman–Crippen MR) is 109 cm³/mol. The SMILES string of the molecule is CCCCCCCc1ccc(CCC2CCc3ccc(F)c(F)c3C2)cc1. The van der Waals surface area contributed by atoms with E-state index >= 15 is 0 Å². The van der Waals surface area contributed by atoms with Crippen LogP contribution in [-0.2, 0) is 25.7 Å². The second-order valence-electron chi connectivity index (χ2n) is 8.13. The molecule has 0 fully saturated rings. The van der Waals surface area contributed by atoms with Gasteiger partial charge < -0.3 is 0 Å². The van der Waals surface area contributed by atoms with E-state index in [2.05, 4.69) is 31.2 Å². The van der Waals surface area contributed by atoms with E-state index in [4.69, 9.17) is 0 Å². The van der Waals surface area contributed by atoms with Crippen LogP contribution in [0.1, 0.15) is 74.1 Å². The third-order valence-electron chi connectivity index (χ3n) is 6.04. The molecule has 0 nitrogen and oxygen atoms in total. The number of unbranched alkanes of at least 4 members (excludes halogenated alkanes) is 4. The number of aryl methyl sites for hydroxylation is 3. The zero-order valence-electron chi connectivity index (χ0n) is 16.6. The quantitative estimate of drug-likeness (QED) is 0.409. The molecule has 1 unspecified atom stereocenters. The summed E-state index contributed by atoms with van der Waals surface area (Å²) >= 11 is 0. The lowest BCUT2D eigenvalue weighted by Gasteiger charge is -2.25. The molecule has 0 amide bonds. The van der Waals surface area contributed by atoms with Crippen LogP contribution < -0.4 is 0 Å². The summed E-state index contributed by atoms with van der Waals surface area (Å²) in [6.45, 7) is 2.25. The Balaban J connectivity index is 1.46. The molecule has 0 bridgehead atoms. The van der Waals surface area contributed by atoms with Crippen molar-refractivity contribution in [1.29, 1.82) is 0 Å². The summed E-state index contributed by atoms with van der Waals surface area (Å²) in [5.74, 6) is -0.882. The van der Waals surface area contributed by atoms with Crippen molar-refractivity contribution in [2.75, 3.05) is 0 Å². The maximum atomic E-state index is 14.1. The molecule has 2 aromatic carbocycles. The van der Waals surface area contributed by atoms with Gasteiger partial charge in [0, 0.05) is 0 Å². The average molecular weight is 371 g/mol. The van der Waals surface area contributed by atoms with Crippen molar-refractivity contribution < 1.29 is 8.78 Å². The molecule has 146 valence electrons. The molecule has 1 aliphatic rings. The second kappa shape index (κ2) is 10.0. The van der Waals surface area contributed by atoms with Crippen molar-refractivity contribution in [1.82, 2.24) is 0 Å². The number of benzene rings is 2.